The van der Waals surface area contributed by atoms with Gasteiger partial charge in [-0.2, -0.15) is 4.98 Å². The van der Waals surface area contributed by atoms with E-state index < -0.39 is 0 Å². The van der Waals surface area contributed by atoms with E-state index in [1.807, 2.05) is 32.2 Å². The van der Waals surface area contributed by atoms with Crippen molar-refractivity contribution in [1.82, 2.24) is 9.97 Å². The van der Waals surface area contributed by atoms with Crippen LogP contribution in [0, 0.1) is 6.92 Å². The molecular weight excluding hydrogens is 292 g/mol. The predicted octanol–water partition coefficient (Wildman–Crippen LogP) is 3.20. The highest BCUT2D eigenvalue weighted by atomic mass is 79.9. The molecule has 0 aliphatic rings. The summed E-state index contributed by atoms with van der Waals surface area (Å²) in [6.07, 6.45) is 0. The summed E-state index contributed by atoms with van der Waals surface area (Å²) >= 11 is 3.42. The number of hydrogen-bond donors (Lipinski definition) is 2. The molecule has 0 spiro atoms. The van der Waals surface area contributed by atoms with E-state index in [0.717, 1.165) is 22.5 Å². The number of benzene rings is 1. The number of anilines is 2. The Morgan fingerprint density at radius 2 is 1.89 bits per heavy atom. The minimum atomic E-state index is 0.633. The number of halogens is 1. The van der Waals surface area contributed by atoms with Crippen LogP contribution in [-0.2, 0) is 6.54 Å². The lowest BCUT2D eigenvalue weighted by atomic mass is 10.2. The summed E-state index contributed by atoms with van der Waals surface area (Å²) in [5.74, 6) is 1.46. The van der Waals surface area contributed by atoms with Gasteiger partial charge >= 0.3 is 0 Å². The van der Waals surface area contributed by atoms with Gasteiger partial charge in [-0.25, -0.2) is 4.98 Å². The number of aryl methyl sites for hydroxylation is 1. The third-order valence-corrected chi connectivity index (χ3v) is 2.99. The van der Waals surface area contributed by atoms with E-state index in [2.05, 4.69) is 48.7 Å². The fraction of sp³-hybridized carbons (Fsp3) is 0.231. The van der Waals surface area contributed by atoms with Crippen LogP contribution in [0.2, 0.25) is 0 Å². The summed E-state index contributed by atoms with van der Waals surface area (Å²) in [7, 11) is 1.81. The van der Waals surface area contributed by atoms with E-state index in [-0.39, 0.29) is 0 Å². The van der Waals surface area contributed by atoms with Gasteiger partial charge < -0.3 is 10.6 Å². The third-order valence-electron chi connectivity index (χ3n) is 2.46. The Labute approximate surface area is 115 Å². The van der Waals surface area contributed by atoms with Crippen LogP contribution in [-0.4, -0.2) is 17.0 Å². The smallest absolute Gasteiger partial charge is 0.224 e. The molecule has 0 atom stereocenters. The van der Waals surface area contributed by atoms with Crippen LogP contribution in [0.25, 0.3) is 0 Å². The Bertz CT molecular complexity index is 525. The van der Waals surface area contributed by atoms with Crippen molar-refractivity contribution in [2.45, 2.75) is 13.5 Å². The van der Waals surface area contributed by atoms with Crippen LogP contribution in [0.4, 0.5) is 11.8 Å². The molecule has 1 heterocycles. The van der Waals surface area contributed by atoms with E-state index >= 15 is 0 Å². The summed E-state index contributed by atoms with van der Waals surface area (Å²) in [5, 5.41) is 6.23. The molecule has 2 aromatic rings. The first-order chi connectivity index (χ1) is 8.67. The van der Waals surface area contributed by atoms with Crippen molar-refractivity contribution < 1.29 is 0 Å². The molecule has 5 heteroatoms. The standard InChI is InChI=1S/C13H15BrN4/c1-9-7-12(18-13(15-2)17-9)16-8-10-3-5-11(14)6-4-10/h3-7H,8H2,1-2H3,(H2,15,16,17,18). The van der Waals surface area contributed by atoms with E-state index in [9.17, 15) is 0 Å². The van der Waals surface area contributed by atoms with E-state index in [0.29, 0.717) is 5.95 Å². The molecule has 0 aliphatic heterocycles. The fourth-order valence-corrected chi connectivity index (χ4v) is 1.83. The van der Waals surface area contributed by atoms with Gasteiger partial charge in [0.1, 0.15) is 5.82 Å². The molecule has 1 aromatic heterocycles. The van der Waals surface area contributed by atoms with Crippen LogP contribution >= 0.6 is 15.9 Å². The van der Waals surface area contributed by atoms with Gasteiger partial charge in [-0.3, -0.25) is 0 Å². The highest BCUT2D eigenvalue weighted by Crippen LogP contribution is 2.13. The Hall–Kier alpha value is -1.62. The van der Waals surface area contributed by atoms with Crippen molar-refractivity contribution in [3.8, 4) is 0 Å². The SMILES string of the molecule is CNc1nc(C)cc(NCc2ccc(Br)cc2)n1. The maximum absolute atomic E-state index is 4.34. The summed E-state index contributed by atoms with van der Waals surface area (Å²) < 4.78 is 1.08. The first-order valence-electron chi connectivity index (χ1n) is 5.69. The predicted molar refractivity (Wildman–Crippen MR) is 77.8 cm³/mol. The number of aromatic nitrogens is 2. The maximum Gasteiger partial charge on any atom is 0.224 e. The number of nitrogens with one attached hydrogen (secondary N) is 2. The molecule has 1 aromatic carbocycles. The molecule has 0 aliphatic carbocycles. The van der Waals surface area contributed by atoms with Crippen LogP contribution in [0.5, 0.6) is 0 Å². The molecular formula is C13H15BrN4. The zero-order valence-electron chi connectivity index (χ0n) is 10.4. The third kappa shape index (κ3) is 3.43. The number of nitrogens with zero attached hydrogens (tertiary/aromatic N) is 2. The Kier molecular flexibility index (Phi) is 4.15. The molecule has 4 nitrogen and oxygen atoms in total. The topological polar surface area (TPSA) is 49.8 Å². The second-order valence-corrected chi connectivity index (χ2v) is 4.86. The molecule has 0 saturated carbocycles. The lowest BCUT2D eigenvalue weighted by Crippen LogP contribution is -2.05. The van der Waals surface area contributed by atoms with Crippen molar-refractivity contribution in [3.05, 3.63) is 46.1 Å². The second kappa shape index (κ2) is 5.82. The molecule has 2 N–H and O–H groups in total. The molecule has 0 saturated heterocycles. The van der Waals surface area contributed by atoms with Crippen LogP contribution < -0.4 is 10.6 Å². The summed E-state index contributed by atoms with van der Waals surface area (Å²) in [6.45, 7) is 2.69. The number of rotatable bonds is 4. The molecule has 18 heavy (non-hydrogen) atoms. The minimum absolute atomic E-state index is 0.633. The first-order valence-corrected chi connectivity index (χ1v) is 6.48. The molecule has 2 rings (SSSR count). The Balaban J connectivity index is 2.05. The average molecular weight is 307 g/mol. The zero-order valence-corrected chi connectivity index (χ0v) is 12.0. The van der Waals surface area contributed by atoms with E-state index in [4.69, 9.17) is 0 Å². The average Bonchev–Trinajstić information content (AvgIpc) is 2.37. The molecule has 0 amide bonds. The van der Waals surface area contributed by atoms with Crippen molar-refractivity contribution in [2.24, 2.45) is 0 Å². The molecule has 94 valence electrons. The zero-order chi connectivity index (χ0) is 13.0. The highest BCUT2D eigenvalue weighted by molar-refractivity contribution is 9.10. The second-order valence-electron chi connectivity index (χ2n) is 3.95. The van der Waals surface area contributed by atoms with E-state index in [1.54, 1.807) is 0 Å². The minimum Gasteiger partial charge on any atom is -0.366 e. The van der Waals surface area contributed by atoms with Crippen molar-refractivity contribution in [1.29, 1.82) is 0 Å². The molecule has 0 bridgehead atoms. The van der Waals surface area contributed by atoms with Gasteiger partial charge in [0, 0.05) is 29.8 Å². The first kappa shape index (κ1) is 12.8. The highest BCUT2D eigenvalue weighted by Gasteiger charge is 2.00. The van der Waals surface area contributed by atoms with Crippen LogP contribution in [0.1, 0.15) is 11.3 Å². The van der Waals surface area contributed by atoms with E-state index in [1.165, 1.54) is 5.56 Å². The van der Waals surface area contributed by atoms with Gasteiger partial charge in [0.2, 0.25) is 5.95 Å². The Morgan fingerprint density at radius 3 is 2.56 bits per heavy atom. The van der Waals surface area contributed by atoms with Gasteiger partial charge in [-0.15, -0.1) is 0 Å². The monoisotopic (exact) mass is 306 g/mol. The quantitative estimate of drug-likeness (QED) is 0.911. The normalized spacial score (nSPS) is 10.2. The van der Waals surface area contributed by atoms with Crippen LogP contribution in [0.15, 0.2) is 34.8 Å². The summed E-state index contributed by atoms with van der Waals surface area (Å²) in [4.78, 5) is 8.59. The lowest BCUT2D eigenvalue weighted by Gasteiger charge is -2.08. The van der Waals surface area contributed by atoms with Crippen LogP contribution in [0.3, 0.4) is 0 Å². The van der Waals surface area contributed by atoms with Crippen molar-refractivity contribution in [3.63, 3.8) is 0 Å². The van der Waals surface area contributed by atoms with Crippen molar-refractivity contribution >= 4 is 27.7 Å². The Morgan fingerprint density at radius 1 is 1.17 bits per heavy atom. The maximum atomic E-state index is 4.34. The lowest BCUT2D eigenvalue weighted by molar-refractivity contribution is 1.05. The van der Waals surface area contributed by atoms with Crippen molar-refractivity contribution in [2.75, 3.05) is 17.7 Å². The van der Waals surface area contributed by atoms with Gasteiger partial charge in [0.25, 0.3) is 0 Å². The van der Waals surface area contributed by atoms with Gasteiger partial charge in [-0.1, -0.05) is 28.1 Å². The number of hydrogen-bond acceptors (Lipinski definition) is 4. The van der Waals surface area contributed by atoms with Gasteiger partial charge in [0.15, 0.2) is 0 Å². The summed E-state index contributed by atoms with van der Waals surface area (Å²) in [5.41, 5.74) is 2.15. The van der Waals surface area contributed by atoms with Gasteiger partial charge in [-0.05, 0) is 24.6 Å². The fourth-order valence-electron chi connectivity index (χ4n) is 1.57. The summed E-state index contributed by atoms with van der Waals surface area (Å²) in [6, 6.07) is 10.1. The molecule has 0 radical (unpaired) electrons. The molecule has 0 unspecified atom stereocenters. The van der Waals surface area contributed by atoms with Gasteiger partial charge in [0.05, 0.1) is 0 Å². The largest absolute Gasteiger partial charge is 0.366 e. The molecule has 0 fully saturated rings.